The molecule has 1 fully saturated rings. The third kappa shape index (κ3) is 3.04. The Bertz CT molecular complexity index is 762. The van der Waals surface area contributed by atoms with Crippen LogP contribution in [0.1, 0.15) is 67.4 Å². The molecule has 2 atom stereocenters. The number of rotatable bonds is 3. The van der Waals surface area contributed by atoms with E-state index in [2.05, 4.69) is 16.7 Å². The van der Waals surface area contributed by atoms with E-state index >= 15 is 0 Å². The molecule has 4 rings (SSSR count). The fraction of sp³-hybridized carbons (Fsp3) is 0.476. The number of aromatic nitrogens is 1. The number of hydrogen-bond acceptors (Lipinski definition) is 2. The van der Waals surface area contributed by atoms with Crippen molar-refractivity contribution < 1.29 is 4.39 Å². The molecule has 3 nitrogen and oxygen atoms in total. The summed E-state index contributed by atoms with van der Waals surface area (Å²) in [6.45, 7) is 0. The summed E-state index contributed by atoms with van der Waals surface area (Å²) in [6.07, 6.45) is 16.5. The van der Waals surface area contributed by atoms with Gasteiger partial charge in [0.05, 0.1) is 6.04 Å². The number of nitrogens with two attached hydrogens (primary N) is 1. The number of allylic oxidation sites excluding steroid dienone is 4. The minimum atomic E-state index is -0.144. The van der Waals surface area contributed by atoms with E-state index in [1.165, 1.54) is 55.3 Å². The van der Waals surface area contributed by atoms with E-state index in [1.807, 2.05) is 6.08 Å². The van der Waals surface area contributed by atoms with E-state index < -0.39 is 0 Å². The lowest BCUT2D eigenvalue weighted by Gasteiger charge is -2.29. The summed E-state index contributed by atoms with van der Waals surface area (Å²) in [7, 11) is 0. The van der Waals surface area contributed by atoms with E-state index in [9.17, 15) is 4.39 Å². The Morgan fingerprint density at radius 2 is 2.04 bits per heavy atom. The quantitative estimate of drug-likeness (QED) is 0.763. The van der Waals surface area contributed by atoms with Crippen LogP contribution in [-0.2, 0) is 6.42 Å². The lowest BCUT2D eigenvalue weighted by Crippen LogP contribution is -2.29. The van der Waals surface area contributed by atoms with Crippen molar-refractivity contribution >= 4 is 12.3 Å². The predicted octanol–water partition coefficient (Wildman–Crippen LogP) is 4.81. The van der Waals surface area contributed by atoms with Gasteiger partial charge in [-0.05, 0) is 67.0 Å². The standard InChI is InChI=1S/C21H26FN3/c22-17-6-8-18(9-7-17)25-20(14-4-2-1-3-5-14)11-15-10-19(24)16(13-23)12-21(15)25/h6-8,11-14,18-19,23H,1-5,9-10,24H2. The van der Waals surface area contributed by atoms with Gasteiger partial charge in [0, 0.05) is 23.6 Å². The molecule has 3 N–H and O–H groups in total. The summed E-state index contributed by atoms with van der Waals surface area (Å²) in [5, 5.41) is 7.66. The Hall–Kier alpha value is -1.94. The highest BCUT2D eigenvalue weighted by Crippen LogP contribution is 2.40. The van der Waals surface area contributed by atoms with Crippen molar-refractivity contribution in [3.63, 3.8) is 0 Å². The SMILES string of the molecule is N=CC1=Cc2c(cc(C3CCCCC3)n2C2C=CC(F)=CC2)CC1N. The molecule has 0 spiro atoms. The van der Waals surface area contributed by atoms with Gasteiger partial charge < -0.3 is 15.7 Å². The maximum atomic E-state index is 13.5. The highest BCUT2D eigenvalue weighted by molar-refractivity contribution is 5.86. The van der Waals surface area contributed by atoms with E-state index in [0.717, 1.165) is 12.0 Å². The Labute approximate surface area is 148 Å². The van der Waals surface area contributed by atoms with Crippen molar-refractivity contribution in [3.05, 3.63) is 52.6 Å². The monoisotopic (exact) mass is 339 g/mol. The molecule has 0 aromatic carbocycles. The lowest BCUT2D eigenvalue weighted by molar-refractivity contribution is 0.415. The second kappa shape index (κ2) is 6.75. The highest BCUT2D eigenvalue weighted by Gasteiger charge is 2.29. The molecular weight excluding hydrogens is 313 g/mol. The number of nitrogens with one attached hydrogen (secondary N) is 1. The molecule has 0 saturated heterocycles. The van der Waals surface area contributed by atoms with Crippen molar-refractivity contribution in [2.24, 2.45) is 5.73 Å². The molecule has 1 aromatic rings. The maximum Gasteiger partial charge on any atom is 0.119 e. The van der Waals surface area contributed by atoms with E-state index in [1.54, 1.807) is 12.2 Å². The van der Waals surface area contributed by atoms with Gasteiger partial charge in [0.2, 0.25) is 0 Å². The van der Waals surface area contributed by atoms with E-state index in [4.69, 9.17) is 11.1 Å². The second-order valence-corrected chi connectivity index (χ2v) is 7.54. The molecular formula is C21H26FN3. The van der Waals surface area contributed by atoms with Gasteiger partial charge in [0.1, 0.15) is 5.83 Å². The molecule has 3 aliphatic rings. The average Bonchev–Trinajstić information content (AvgIpc) is 3.00. The summed E-state index contributed by atoms with van der Waals surface area (Å²) < 4.78 is 15.9. The molecule has 3 aliphatic carbocycles. The van der Waals surface area contributed by atoms with Crippen molar-refractivity contribution in [2.75, 3.05) is 0 Å². The van der Waals surface area contributed by atoms with Crippen LogP contribution in [0, 0.1) is 5.41 Å². The molecule has 25 heavy (non-hydrogen) atoms. The van der Waals surface area contributed by atoms with Crippen LogP contribution in [-0.4, -0.2) is 16.8 Å². The third-order valence-corrected chi connectivity index (χ3v) is 5.91. The Morgan fingerprint density at radius 1 is 1.24 bits per heavy atom. The fourth-order valence-electron chi connectivity index (χ4n) is 4.57. The Morgan fingerprint density at radius 3 is 2.72 bits per heavy atom. The first-order valence-electron chi connectivity index (χ1n) is 9.43. The number of hydrogen-bond donors (Lipinski definition) is 2. The van der Waals surface area contributed by atoms with Crippen molar-refractivity contribution in [2.45, 2.75) is 62.9 Å². The van der Waals surface area contributed by atoms with Crippen LogP contribution in [0.5, 0.6) is 0 Å². The molecule has 1 saturated carbocycles. The number of nitrogens with zero attached hydrogens (tertiary/aromatic N) is 1. The summed E-state index contributed by atoms with van der Waals surface area (Å²) in [5.74, 6) is 0.436. The first kappa shape index (κ1) is 16.5. The average molecular weight is 339 g/mol. The van der Waals surface area contributed by atoms with Crippen LogP contribution in [0.4, 0.5) is 4.39 Å². The van der Waals surface area contributed by atoms with Crippen LogP contribution in [0.3, 0.4) is 0 Å². The summed E-state index contributed by atoms with van der Waals surface area (Å²) in [4.78, 5) is 0. The molecule has 1 aromatic heterocycles. The van der Waals surface area contributed by atoms with Gasteiger partial charge in [-0.15, -0.1) is 0 Å². The smallest absolute Gasteiger partial charge is 0.119 e. The first-order valence-corrected chi connectivity index (χ1v) is 9.43. The van der Waals surface area contributed by atoms with Gasteiger partial charge in [-0.1, -0.05) is 25.3 Å². The highest BCUT2D eigenvalue weighted by atomic mass is 19.1. The second-order valence-electron chi connectivity index (χ2n) is 7.54. The zero-order chi connectivity index (χ0) is 17.4. The molecule has 0 radical (unpaired) electrons. The van der Waals surface area contributed by atoms with Gasteiger partial charge in [-0.3, -0.25) is 0 Å². The third-order valence-electron chi connectivity index (χ3n) is 5.91. The summed E-state index contributed by atoms with van der Waals surface area (Å²) in [5.41, 5.74) is 10.9. The first-order chi connectivity index (χ1) is 12.2. The van der Waals surface area contributed by atoms with Crippen LogP contribution in [0.2, 0.25) is 0 Å². The summed E-state index contributed by atoms with van der Waals surface area (Å²) >= 11 is 0. The zero-order valence-corrected chi connectivity index (χ0v) is 14.5. The van der Waals surface area contributed by atoms with Crippen LogP contribution in [0.25, 0.3) is 6.08 Å². The topological polar surface area (TPSA) is 54.8 Å². The normalized spacial score (nSPS) is 26.8. The number of fused-ring (bicyclic) bond motifs is 1. The van der Waals surface area contributed by atoms with Crippen molar-refractivity contribution in [1.82, 2.24) is 4.57 Å². The lowest BCUT2D eigenvalue weighted by atomic mass is 9.86. The molecule has 0 bridgehead atoms. The Kier molecular flexibility index (Phi) is 4.46. The molecule has 0 amide bonds. The van der Waals surface area contributed by atoms with Gasteiger partial charge in [0.25, 0.3) is 0 Å². The van der Waals surface area contributed by atoms with Crippen LogP contribution < -0.4 is 5.73 Å². The molecule has 132 valence electrons. The van der Waals surface area contributed by atoms with Crippen LogP contribution >= 0.6 is 0 Å². The van der Waals surface area contributed by atoms with Gasteiger partial charge in [0.15, 0.2) is 0 Å². The van der Waals surface area contributed by atoms with E-state index in [-0.39, 0.29) is 17.9 Å². The molecule has 1 heterocycles. The summed E-state index contributed by atoms with van der Waals surface area (Å²) in [6, 6.07) is 2.39. The van der Waals surface area contributed by atoms with Gasteiger partial charge in [-0.25, -0.2) is 4.39 Å². The zero-order valence-electron chi connectivity index (χ0n) is 14.5. The number of halogens is 1. The van der Waals surface area contributed by atoms with Crippen molar-refractivity contribution in [3.8, 4) is 0 Å². The van der Waals surface area contributed by atoms with Gasteiger partial charge >= 0.3 is 0 Å². The minimum Gasteiger partial charge on any atom is -0.337 e. The Balaban J connectivity index is 1.81. The molecule has 4 heteroatoms. The largest absolute Gasteiger partial charge is 0.337 e. The van der Waals surface area contributed by atoms with Crippen molar-refractivity contribution in [1.29, 1.82) is 5.41 Å². The van der Waals surface area contributed by atoms with E-state index in [0.29, 0.717) is 12.3 Å². The maximum absolute atomic E-state index is 13.5. The van der Waals surface area contributed by atoms with Gasteiger partial charge in [-0.2, -0.15) is 0 Å². The minimum absolute atomic E-state index is 0.0979. The van der Waals surface area contributed by atoms with Crippen LogP contribution in [0.15, 0.2) is 35.7 Å². The fourth-order valence-corrected chi connectivity index (χ4v) is 4.57. The predicted molar refractivity (Wildman–Crippen MR) is 101 cm³/mol. The molecule has 0 aliphatic heterocycles. The molecule has 2 unspecified atom stereocenters.